The summed E-state index contributed by atoms with van der Waals surface area (Å²) in [6, 6.07) is 40.4. The van der Waals surface area contributed by atoms with Gasteiger partial charge >= 0.3 is 0 Å². The Morgan fingerprint density at radius 2 is 0.878 bits per heavy atom. The second-order valence-electron chi connectivity index (χ2n) is 10.1. The Hall–Kier alpha value is -3.36. The van der Waals surface area contributed by atoms with E-state index in [-0.39, 0.29) is 0 Å². The van der Waals surface area contributed by atoms with Gasteiger partial charge in [0.2, 0.25) is 0 Å². The van der Waals surface area contributed by atoms with Crippen LogP contribution in [0.3, 0.4) is 0 Å². The van der Waals surface area contributed by atoms with Crippen LogP contribution in [0.15, 0.2) is 121 Å². The van der Waals surface area contributed by atoms with E-state index >= 15 is 0 Å². The number of hydrogen-bond acceptors (Lipinski definition) is 6. The molecule has 4 aromatic carbocycles. The summed E-state index contributed by atoms with van der Waals surface area (Å²) >= 11 is 0. The standard InChI is InChI=1S/C35H38O6/c1-36-35-34(40-25-30-20-12-5-13-21-30)33(39-24-29-18-10-4-11-19-29)32(38-23-28-16-8-3-9-17-28)31(41-35)26-37-22-27-14-6-2-7-15-27/h2-21,31-35H,22-26H2,1H3/t31?,32-,33+,34+,35+/m1/s1. The third-order valence-electron chi connectivity index (χ3n) is 7.07. The molecule has 6 nitrogen and oxygen atoms in total. The average Bonchev–Trinajstić information content (AvgIpc) is 3.04. The molecule has 0 amide bonds. The highest BCUT2D eigenvalue weighted by atomic mass is 16.7. The van der Waals surface area contributed by atoms with E-state index in [1.165, 1.54) is 0 Å². The van der Waals surface area contributed by atoms with E-state index in [4.69, 9.17) is 28.4 Å². The van der Waals surface area contributed by atoms with E-state index in [9.17, 15) is 0 Å². The molecule has 0 N–H and O–H groups in total. The Balaban J connectivity index is 1.38. The molecule has 0 saturated carbocycles. The summed E-state index contributed by atoms with van der Waals surface area (Å²) in [4.78, 5) is 0. The molecule has 1 heterocycles. The van der Waals surface area contributed by atoms with Crippen molar-refractivity contribution in [2.45, 2.75) is 57.1 Å². The van der Waals surface area contributed by atoms with E-state index in [1.54, 1.807) is 7.11 Å². The zero-order valence-electron chi connectivity index (χ0n) is 23.4. The zero-order chi connectivity index (χ0) is 28.1. The van der Waals surface area contributed by atoms with Crippen LogP contribution < -0.4 is 0 Å². The third-order valence-corrected chi connectivity index (χ3v) is 7.07. The maximum atomic E-state index is 6.63. The normalized spacial score (nSPS) is 22.4. The average molecular weight is 555 g/mol. The summed E-state index contributed by atoms with van der Waals surface area (Å²) in [7, 11) is 1.63. The number of benzene rings is 4. The summed E-state index contributed by atoms with van der Waals surface area (Å²) in [5.74, 6) is 0. The van der Waals surface area contributed by atoms with Gasteiger partial charge in [0, 0.05) is 7.11 Å². The molecule has 4 aromatic rings. The van der Waals surface area contributed by atoms with Crippen LogP contribution in [-0.4, -0.2) is 44.4 Å². The minimum atomic E-state index is -0.665. The van der Waals surface area contributed by atoms with Gasteiger partial charge in [0.25, 0.3) is 0 Å². The lowest BCUT2D eigenvalue weighted by Crippen LogP contribution is -2.61. The molecular weight excluding hydrogens is 516 g/mol. The fourth-order valence-electron chi connectivity index (χ4n) is 4.94. The first kappa shape index (κ1) is 29.1. The molecule has 6 heteroatoms. The SMILES string of the molecule is CO[C@H]1OC(COCc2ccccc2)[C@@H](OCc2ccccc2)[C@H](OCc2ccccc2)[C@@H]1OCc1ccccc1. The number of hydrogen-bond donors (Lipinski definition) is 0. The highest BCUT2D eigenvalue weighted by Crippen LogP contribution is 2.31. The maximum Gasteiger partial charge on any atom is 0.186 e. The van der Waals surface area contributed by atoms with Crippen LogP contribution in [0.25, 0.3) is 0 Å². The van der Waals surface area contributed by atoms with Gasteiger partial charge < -0.3 is 28.4 Å². The van der Waals surface area contributed by atoms with Gasteiger partial charge in [-0.15, -0.1) is 0 Å². The van der Waals surface area contributed by atoms with Gasteiger partial charge in [0.1, 0.15) is 24.4 Å². The van der Waals surface area contributed by atoms with Gasteiger partial charge in [-0.2, -0.15) is 0 Å². The molecule has 1 fully saturated rings. The van der Waals surface area contributed by atoms with Gasteiger partial charge in [0.15, 0.2) is 6.29 Å². The van der Waals surface area contributed by atoms with Crippen LogP contribution in [-0.2, 0) is 54.8 Å². The van der Waals surface area contributed by atoms with Crippen molar-refractivity contribution in [3.8, 4) is 0 Å². The molecule has 1 saturated heterocycles. The Morgan fingerprint density at radius 1 is 0.488 bits per heavy atom. The van der Waals surface area contributed by atoms with Crippen LogP contribution in [0.2, 0.25) is 0 Å². The molecule has 41 heavy (non-hydrogen) atoms. The van der Waals surface area contributed by atoms with Crippen LogP contribution in [0, 0.1) is 0 Å². The van der Waals surface area contributed by atoms with Crippen LogP contribution in [0.5, 0.6) is 0 Å². The van der Waals surface area contributed by atoms with Crippen molar-refractivity contribution in [1.29, 1.82) is 0 Å². The Labute approximate surface area is 242 Å². The minimum Gasteiger partial charge on any atom is -0.374 e. The second kappa shape index (κ2) is 15.6. The third kappa shape index (κ3) is 8.57. The molecule has 0 aromatic heterocycles. The second-order valence-corrected chi connectivity index (χ2v) is 10.1. The predicted octanol–water partition coefficient (Wildman–Crippen LogP) is 6.33. The van der Waals surface area contributed by atoms with E-state index in [1.807, 2.05) is 121 Å². The fourth-order valence-corrected chi connectivity index (χ4v) is 4.94. The van der Waals surface area contributed by atoms with Gasteiger partial charge in [-0.25, -0.2) is 0 Å². The van der Waals surface area contributed by atoms with E-state index in [2.05, 4.69) is 0 Å². The molecule has 0 radical (unpaired) electrons. The largest absolute Gasteiger partial charge is 0.374 e. The van der Waals surface area contributed by atoms with Crippen LogP contribution in [0.4, 0.5) is 0 Å². The van der Waals surface area contributed by atoms with Crippen molar-refractivity contribution in [3.05, 3.63) is 144 Å². The fraction of sp³-hybridized carbons (Fsp3) is 0.314. The van der Waals surface area contributed by atoms with Crippen LogP contribution >= 0.6 is 0 Å². The summed E-state index contributed by atoms with van der Waals surface area (Å²) in [6.07, 6.45) is -2.59. The molecule has 0 spiro atoms. The maximum absolute atomic E-state index is 6.63. The molecule has 5 rings (SSSR count). The molecule has 1 unspecified atom stereocenters. The van der Waals surface area contributed by atoms with Gasteiger partial charge in [-0.05, 0) is 22.3 Å². The van der Waals surface area contributed by atoms with Crippen molar-refractivity contribution >= 4 is 0 Å². The minimum absolute atomic E-state index is 0.310. The van der Waals surface area contributed by atoms with E-state index in [0.717, 1.165) is 22.3 Å². The summed E-state index contributed by atoms with van der Waals surface area (Å²) < 4.78 is 38.2. The smallest absolute Gasteiger partial charge is 0.186 e. The Morgan fingerprint density at radius 3 is 1.32 bits per heavy atom. The van der Waals surface area contributed by atoms with E-state index in [0.29, 0.717) is 33.0 Å². The zero-order valence-corrected chi connectivity index (χ0v) is 23.4. The van der Waals surface area contributed by atoms with Crippen molar-refractivity contribution in [2.24, 2.45) is 0 Å². The van der Waals surface area contributed by atoms with Gasteiger partial charge in [-0.1, -0.05) is 121 Å². The number of ether oxygens (including phenoxy) is 6. The van der Waals surface area contributed by atoms with Gasteiger partial charge in [-0.3, -0.25) is 0 Å². The molecule has 214 valence electrons. The van der Waals surface area contributed by atoms with Crippen molar-refractivity contribution in [3.63, 3.8) is 0 Å². The lowest BCUT2D eigenvalue weighted by atomic mass is 9.97. The highest BCUT2D eigenvalue weighted by molar-refractivity contribution is 5.16. The summed E-state index contributed by atoms with van der Waals surface area (Å²) in [5, 5.41) is 0. The number of rotatable bonds is 14. The topological polar surface area (TPSA) is 55.4 Å². The quantitative estimate of drug-likeness (QED) is 0.182. The molecule has 5 atom stereocenters. The summed E-state index contributed by atoms with van der Waals surface area (Å²) in [5.41, 5.74) is 4.27. The molecule has 1 aliphatic rings. The van der Waals surface area contributed by atoms with Crippen molar-refractivity contribution < 1.29 is 28.4 Å². The first-order valence-corrected chi connectivity index (χ1v) is 14.1. The number of methoxy groups -OCH3 is 1. The lowest BCUT2D eigenvalue weighted by molar-refractivity contribution is -0.323. The Kier molecular flexibility index (Phi) is 11.1. The monoisotopic (exact) mass is 554 g/mol. The summed E-state index contributed by atoms with van der Waals surface area (Å²) in [6.45, 7) is 1.97. The van der Waals surface area contributed by atoms with Gasteiger partial charge in [0.05, 0.1) is 33.0 Å². The Bertz CT molecular complexity index is 1260. The molecular formula is C35H38O6. The van der Waals surface area contributed by atoms with E-state index < -0.39 is 30.7 Å². The first-order chi connectivity index (χ1) is 20.3. The highest BCUT2D eigenvalue weighted by Gasteiger charge is 2.48. The lowest BCUT2D eigenvalue weighted by Gasteiger charge is -2.45. The molecule has 0 aliphatic carbocycles. The van der Waals surface area contributed by atoms with Crippen molar-refractivity contribution in [1.82, 2.24) is 0 Å². The first-order valence-electron chi connectivity index (χ1n) is 14.1. The molecule has 0 bridgehead atoms. The molecule has 1 aliphatic heterocycles. The predicted molar refractivity (Wildman–Crippen MR) is 157 cm³/mol. The van der Waals surface area contributed by atoms with Crippen molar-refractivity contribution in [2.75, 3.05) is 13.7 Å². The van der Waals surface area contributed by atoms with Crippen LogP contribution in [0.1, 0.15) is 22.3 Å².